The summed E-state index contributed by atoms with van der Waals surface area (Å²) >= 11 is 0. The topological polar surface area (TPSA) is 51.4 Å². The number of rotatable bonds is 4. The summed E-state index contributed by atoms with van der Waals surface area (Å²) in [5.74, 6) is 0.910. The first-order valence-corrected chi connectivity index (χ1v) is 5.26. The van der Waals surface area contributed by atoms with E-state index in [1.54, 1.807) is 13.3 Å². The molecule has 1 atom stereocenters. The van der Waals surface area contributed by atoms with Crippen LogP contribution < -0.4 is 10.5 Å². The Bertz CT molecular complexity index is 327. The van der Waals surface area contributed by atoms with Crippen LogP contribution in [0.25, 0.3) is 0 Å². The lowest BCUT2D eigenvalue weighted by Gasteiger charge is -2.40. The predicted molar refractivity (Wildman–Crippen MR) is 58.7 cm³/mol. The SMILES string of the molecule is COc1ccncc1CN1CCC1CN. The van der Waals surface area contributed by atoms with Gasteiger partial charge in [-0.1, -0.05) is 0 Å². The first kappa shape index (κ1) is 10.4. The minimum atomic E-state index is 0.537. The number of nitrogens with two attached hydrogens (primary N) is 1. The number of methoxy groups -OCH3 is 1. The van der Waals surface area contributed by atoms with Gasteiger partial charge < -0.3 is 10.5 Å². The third-order valence-corrected chi connectivity index (χ3v) is 2.99. The van der Waals surface area contributed by atoms with Gasteiger partial charge >= 0.3 is 0 Å². The molecule has 0 aromatic carbocycles. The van der Waals surface area contributed by atoms with Crippen LogP contribution in [-0.2, 0) is 6.54 Å². The zero-order valence-electron chi connectivity index (χ0n) is 9.02. The summed E-state index contributed by atoms with van der Waals surface area (Å²) in [7, 11) is 1.69. The molecule has 1 saturated heterocycles. The zero-order chi connectivity index (χ0) is 10.7. The average molecular weight is 207 g/mol. The normalized spacial score (nSPS) is 21.1. The quantitative estimate of drug-likeness (QED) is 0.786. The molecule has 1 unspecified atom stereocenters. The van der Waals surface area contributed by atoms with Crippen molar-refractivity contribution < 1.29 is 4.74 Å². The second-order valence-electron chi connectivity index (χ2n) is 3.84. The van der Waals surface area contributed by atoms with E-state index < -0.39 is 0 Å². The van der Waals surface area contributed by atoms with Crippen LogP contribution in [0, 0.1) is 0 Å². The Labute approximate surface area is 90.0 Å². The monoisotopic (exact) mass is 207 g/mol. The lowest BCUT2D eigenvalue weighted by molar-refractivity contribution is 0.0871. The Morgan fingerprint density at radius 2 is 2.53 bits per heavy atom. The van der Waals surface area contributed by atoms with Crippen molar-refractivity contribution in [3.8, 4) is 5.75 Å². The summed E-state index contributed by atoms with van der Waals surface area (Å²) in [5, 5.41) is 0. The molecule has 0 saturated carbocycles. The van der Waals surface area contributed by atoms with E-state index in [2.05, 4.69) is 9.88 Å². The van der Waals surface area contributed by atoms with Crippen molar-refractivity contribution in [2.24, 2.45) is 5.73 Å². The van der Waals surface area contributed by atoms with Crippen LogP contribution in [0.4, 0.5) is 0 Å². The number of pyridine rings is 1. The van der Waals surface area contributed by atoms with Gasteiger partial charge in [0, 0.05) is 43.6 Å². The summed E-state index contributed by atoms with van der Waals surface area (Å²) in [5.41, 5.74) is 6.80. The molecule has 1 fully saturated rings. The molecule has 0 radical (unpaired) electrons. The highest BCUT2D eigenvalue weighted by molar-refractivity contribution is 5.30. The van der Waals surface area contributed by atoms with E-state index in [4.69, 9.17) is 10.5 Å². The Hall–Kier alpha value is -1.13. The molecule has 4 heteroatoms. The molecule has 4 nitrogen and oxygen atoms in total. The number of aromatic nitrogens is 1. The molecule has 2 rings (SSSR count). The average Bonchev–Trinajstić information content (AvgIpc) is 2.25. The van der Waals surface area contributed by atoms with Crippen molar-refractivity contribution in [2.45, 2.75) is 19.0 Å². The second-order valence-corrected chi connectivity index (χ2v) is 3.84. The Balaban J connectivity index is 2.04. The van der Waals surface area contributed by atoms with Crippen LogP contribution in [0.1, 0.15) is 12.0 Å². The molecule has 0 amide bonds. The van der Waals surface area contributed by atoms with Gasteiger partial charge in [0.2, 0.25) is 0 Å². The lowest BCUT2D eigenvalue weighted by atomic mass is 10.0. The van der Waals surface area contributed by atoms with E-state index in [1.165, 1.54) is 6.42 Å². The van der Waals surface area contributed by atoms with Crippen molar-refractivity contribution in [1.29, 1.82) is 0 Å². The zero-order valence-corrected chi connectivity index (χ0v) is 9.02. The third kappa shape index (κ3) is 2.11. The number of nitrogens with zero attached hydrogens (tertiary/aromatic N) is 2. The van der Waals surface area contributed by atoms with Gasteiger partial charge in [0.15, 0.2) is 0 Å². The van der Waals surface area contributed by atoms with Gasteiger partial charge in [0.25, 0.3) is 0 Å². The molecule has 15 heavy (non-hydrogen) atoms. The second kappa shape index (κ2) is 4.59. The van der Waals surface area contributed by atoms with Crippen molar-refractivity contribution in [3.05, 3.63) is 24.0 Å². The van der Waals surface area contributed by atoms with E-state index in [0.717, 1.165) is 30.9 Å². The van der Waals surface area contributed by atoms with E-state index in [9.17, 15) is 0 Å². The minimum Gasteiger partial charge on any atom is -0.496 e. The first-order chi connectivity index (χ1) is 7.35. The fraction of sp³-hybridized carbons (Fsp3) is 0.545. The first-order valence-electron chi connectivity index (χ1n) is 5.26. The van der Waals surface area contributed by atoms with Crippen molar-refractivity contribution in [2.75, 3.05) is 20.2 Å². The Morgan fingerprint density at radius 1 is 1.67 bits per heavy atom. The molecule has 0 bridgehead atoms. The third-order valence-electron chi connectivity index (χ3n) is 2.99. The molecule has 1 aliphatic heterocycles. The van der Waals surface area contributed by atoms with E-state index in [0.29, 0.717) is 6.04 Å². The molecule has 2 heterocycles. The molecular weight excluding hydrogens is 190 g/mol. The van der Waals surface area contributed by atoms with Gasteiger partial charge in [-0.2, -0.15) is 0 Å². The van der Waals surface area contributed by atoms with Crippen LogP contribution in [0.3, 0.4) is 0 Å². The standard InChI is InChI=1S/C11H17N3O/c1-15-11-2-4-13-7-9(11)8-14-5-3-10(14)6-12/h2,4,7,10H,3,5-6,8,12H2,1H3. The van der Waals surface area contributed by atoms with Crippen LogP contribution in [0.15, 0.2) is 18.5 Å². The molecule has 0 spiro atoms. The van der Waals surface area contributed by atoms with Gasteiger partial charge in [0.05, 0.1) is 7.11 Å². The van der Waals surface area contributed by atoms with Gasteiger partial charge in [0.1, 0.15) is 5.75 Å². The van der Waals surface area contributed by atoms with Gasteiger partial charge in [-0.25, -0.2) is 0 Å². The fourth-order valence-electron chi connectivity index (χ4n) is 1.92. The largest absolute Gasteiger partial charge is 0.496 e. The van der Waals surface area contributed by atoms with Crippen LogP contribution in [-0.4, -0.2) is 36.1 Å². The van der Waals surface area contributed by atoms with E-state index in [1.807, 2.05) is 12.3 Å². The predicted octanol–water partition coefficient (Wildman–Crippen LogP) is 0.623. The summed E-state index contributed by atoms with van der Waals surface area (Å²) in [6, 6.07) is 2.43. The van der Waals surface area contributed by atoms with Crippen LogP contribution >= 0.6 is 0 Å². The molecular formula is C11H17N3O. The summed E-state index contributed by atoms with van der Waals surface area (Å²) in [6.07, 6.45) is 4.82. The van der Waals surface area contributed by atoms with Gasteiger partial charge in [-0.3, -0.25) is 9.88 Å². The Kier molecular flexibility index (Phi) is 3.18. The van der Waals surface area contributed by atoms with Crippen molar-refractivity contribution in [1.82, 2.24) is 9.88 Å². The number of ether oxygens (including phenoxy) is 1. The summed E-state index contributed by atoms with van der Waals surface area (Å²) in [6.45, 7) is 2.75. The maximum Gasteiger partial charge on any atom is 0.126 e. The lowest BCUT2D eigenvalue weighted by Crippen LogP contribution is -2.50. The van der Waals surface area contributed by atoms with Crippen molar-refractivity contribution >= 4 is 0 Å². The molecule has 2 N–H and O–H groups in total. The minimum absolute atomic E-state index is 0.537. The van der Waals surface area contributed by atoms with E-state index in [-0.39, 0.29) is 0 Å². The highest BCUT2D eigenvalue weighted by Gasteiger charge is 2.26. The van der Waals surface area contributed by atoms with Crippen LogP contribution in [0.2, 0.25) is 0 Å². The van der Waals surface area contributed by atoms with Crippen molar-refractivity contribution in [3.63, 3.8) is 0 Å². The fourth-order valence-corrected chi connectivity index (χ4v) is 1.92. The molecule has 1 aromatic rings. The Morgan fingerprint density at radius 3 is 3.13 bits per heavy atom. The number of hydrogen-bond donors (Lipinski definition) is 1. The maximum atomic E-state index is 5.66. The maximum absolute atomic E-state index is 5.66. The van der Waals surface area contributed by atoms with Crippen LogP contribution in [0.5, 0.6) is 5.75 Å². The smallest absolute Gasteiger partial charge is 0.126 e. The molecule has 1 aliphatic rings. The molecule has 82 valence electrons. The highest BCUT2D eigenvalue weighted by atomic mass is 16.5. The van der Waals surface area contributed by atoms with Gasteiger partial charge in [-0.05, 0) is 12.5 Å². The van der Waals surface area contributed by atoms with Gasteiger partial charge in [-0.15, -0.1) is 0 Å². The summed E-state index contributed by atoms with van der Waals surface area (Å²) < 4.78 is 5.29. The number of hydrogen-bond acceptors (Lipinski definition) is 4. The molecule has 1 aromatic heterocycles. The van der Waals surface area contributed by atoms with E-state index >= 15 is 0 Å². The number of likely N-dealkylation sites (tertiary alicyclic amines) is 1. The summed E-state index contributed by atoms with van der Waals surface area (Å²) in [4.78, 5) is 6.48. The molecule has 0 aliphatic carbocycles. The highest BCUT2D eigenvalue weighted by Crippen LogP contribution is 2.23.